The number of nitrogens with zero attached hydrogens (tertiary/aromatic N) is 1. The van der Waals surface area contributed by atoms with E-state index in [0.29, 0.717) is 6.54 Å². The first-order valence-electron chi connectivity index (χ1n) is 5.08. The van der Waals surface area contributed by atoms with E-state index in [-0.39, 0.29) is 0 Å². The van der Waals surface area contributed by atoms with E-state index >= 15 is 0 Å². The summed E-state index contributed by atoms with van der Waals surface area (Å²) in [6, 6.07) is 6.34. The number of thiazole rings is 1. The molecule has 0 saturated carbocycles. The minimum atomic E-state index is 0.599. The zero-order chi connectivity index (χ0) is 11.5. The molecule has 1 heterocycles. The summed E-state index contributed by atoms with van der Waals surface area (Å²) in [5.74, 6) is 0. The molecule has 2 aromatic rings. The highest BCUT2D eigenvalue weighted by Crippen LogP contribution is 2.32. The smallest absolute Gasteiger partial charge is 0.154 e. The molecule has 0 amide bonds. The maximum atomic E-state index is 5.61. The molecule has 0 fully saturated rings. The van der Waals surface area contributed by atoms with Crippen LogP contribution in [0, 0.1) is 13.8 Å². The van der Waals surface area contributed by atoms with Crippen molar-refractivity contribution in [2.24, 2.45) is 5.73 Å². The molecule has 0 radical (unpaired) electrons. The SMILES string of the molecule is Cc1csc(Sc2ccc(CN)cc2C)n1. The molecule has 0 aliphatic rings. The molecule has 2 N–H and O–H groups in total. The van der Waals surface area contributed by atoms with Gasteiger partial charge in [0.25, 0.3) is 0 Å². The van der Waals surface area contributed by atoms with Crippen LogP contribution in [0.5, 0.6) is 0 Å². The molecule has 0 bridgehead atoms. The maximum Gasteiger partial charge on any atom is 0.154 e. The zero-order valence-corrected chi connectivity index (χ0v) is 11.0. The van der Waals surface area contributed by atoms with E-state index < -0.39 is 0 Å². The van der Waals surface area contributed by atoms with Crippen LogP contribution >= 0.6 is 23.1 Å². The lowest BCUT2D eigenvalue weighted by atomic mass is 10.1. The van der Waals surface area contributed by atoms with Gasteiger partial charge in [-0.3, -0.25) is 0 Å². The Morgan fingerprint density at radius 3 is 2.75 bits per heavy atom. The Labute approximate surface area is 104 Å². The minimum Gasteiger partial charge on any atom is -0.326 e. The van der Waals surface area contributed by atoms with Crippen LogP contribution in [0.4, 0.5) is 0 Å². The van der Waals surface area contributed by atoms with Gasteiger partial charge >= 0.3 is 0 Å². The minimum absolute atomic E-state index is 0.599. The van der Waals surface area contributed by atoms with Crippen molar-refractivity contribution in [2.45, 2.75) is 29.6 Å². The van der Waals surface area contributed by atoms with Crippen LogP contribution in [-0.4, -0.2) is 4.98 Å². The van der Waals surface area contributed by atoms with Crippen LogP contribution in [0.3, 0.4) is 0 Å². The van der Waals surface area contributed by atoms with Crippen molar-refractivity contribution >= 4 is 23.1 Å². The fraction of sp³-hybridized carbons (Fsp3) is 0.250. The van der Waals surface area contributed by atoms with Crippen molar-refractivity contribution in [3.63, 3.8) is 0 Å². The van der Waals surface area contributed by atoms with E-state index in [0.717, 1.165) is 10.0 Å². The third-order valence-electron chi connectivity index (χ3n) is 2.27. The first-order chi connectivity index (χ1) is 7.69. The predicted octanol–water partition coefficient (Wildman–Crippen LogP) is 3.37. The third-order valence-corrected chi connectivity index (χ3v) is 4.50. The van der Waals surface area contributed by atoms with Gasteiger partial charge in [0.1, 0.15) is 0 Å². The van der Waals surface area contributed by atoms with Crippen molar-refractivity contribution in [2.75, 3.05) is 0 Å². The number of hydrogen-bond acceptors (Lipinski definition) is 4. The van der Waals surface area contributed by atoms with Crippen molar-refractivity contribution in [1.29, 1.82) is 0 Å². The lowest BCUT2D eigenvalue weighted by Gasteiger charge is -2.05. The van der Waals surface area contributed by atoms with Gasteiger partial charge in [-0.25, -0.2) is 4.98 Å². The molecular formula is C12H14N2S2. The standard InChI is InChI=1S/C12H14N2S2/c1-8-5-10(6-13)3-4-11(8)16-12-14-9(2)7-15-12/h3-5,7H,6,13H2,1-2H3. The van der Waals surface area contributed by atoms with E-state index in [1.807, 2.05) is 6.92 Å². The normalized spacial score (nSPS) is 10.7. The second-order valence-electron chi connectivity index (χ2n) is 3.66. The Balaban J connectivity index is 2.21. The van der Waals surface area contributed by atoms with Crippen LogP contribution in [0.25, 0.3) is 0 Å². The summed E-state index contributed by atoms with van der Waals surface area (Å²) in [6.45, 7) is 4.73. The number of hydrogen-bond donors (Lipinski definition) is 1. The Morgan fingerprint density at radius 1 is 1.38 bits per heavy atom. The summed E-state index contributed by atoms with van der Waals surface area (Å²) in [5, 5.41) is 2.08. The highest BCUT2D eigenvalue weighted by atomic mass is 32.2. The van der Waals surface area contributed by atoms with E-state index in [4.69, 9.17) is 5.73 Å². The second kappa shape index (κ2) is 4.99. The van der Waals surface area contributed by atoms with Gasteiger partial charge in [0.15, 0.2) is 4.34 Å². The molecule has 0 saturated heterocycles. The lowest BCUT2D eigenvalue weighted by Crippen LogP contribution is -1.96. The Kier molecular flexibility index (Phi) is 3.63. The molecule has 2 rings (SSSR count). The highest BCUT2D eigenvalue weighted by Gasteiger charge is 2.05. The molecule has 0 aliphatic carbocycles. The van der Waals surface area contributed by atoms with Gasteiger partial charge in [-0.1, -0.05) is 23.9 Å². The van der Waals surface area contributed by atoms with Crippen molar-refractivity contribution < 1.29 is 0 Å². The molecule has 2 nitrogen and oxygen atoms in total. The number of aromatic nitrogens is 1. The van der Waals surface area contributed by atoms with Gasteiger partial charge in [0, 0.05) is 22.5 Å². The van der Waals surface area contributed by atoms with Crippen LogP contribution in [-0.2, 0) is 6.54 Å². The molecule has 0 atom stereocenters. The van der Waals surface area contributed by atoms with Gasteiger partial charge in [0.05, 0.1) is 0 Å². The van der Waals surface area contributed by atoms with E-state index in [2.05, 4.69) is 35.5 Å². The van der Waals surface area contributed by atoms with Crippen molar-refractivity contribution in [3.8, 4) is 0 Å². The average Bonchev–Trinajstić information content (AvgIpc) is 2.67. The summed E-state index contributed by atoms with van der Waals surface area (Å²) >= 11 is 3.41. The van der Waals surface area contributed by atoms with Gasteiger partial charge < -0.3 is 5.73 Å². The zero-order valence-electron chi connectivity index (χ0n) is 9.36. The summed E-state index contributed by atoms with van der Waals surface area (Å²) < 4.78 is 1.10. The van der Waals surface area contributed by atoms with Crippen LogP contribution in [0.1, 0.15) is 16.8 Å². The molecule has 1 aromatic heterocycles. The van der Waals surface area contributed by atoms with Gasteiger partial charge in [-0.05, 0) is 31.0 Å². The van der Waals surface area contributed by atoms with Gasteiger partial charge in [-0.2, -0.15) is 0 Å². The van der Waals surface area contributed by atoms with Crippen LogP contribution in [0.15, 0.2) is 32.8 Å². The highest BCUT2D eigenvalue weighted by molar-refractivity contribution is 8.01. The topological polar surface area (TPSA) is 38.9 Å². The fourth-order valence-corrected chi connectivity index (χ4v) is 3.29. The average molecular weight is 250 g/mol. The van der Waals surface area contributed by atoms with Crippen LogP contribution in [0.2, 0.25) is 0 Å². The number of aryl methyl sites for hydroxylation is 2. The predicted molar refractivity (Wildman–Crippen MR) is 70.0 cm³/mol. The molecule has 1 aromatic carbocycles. The fourth-order valence-electron chi connectivity index (χ4n) is 1.43. The van der Waals surface area contributed by atoms with Gasteiger partial charge in [0.2, 0.25) is 0 Å². The van der Waals surface area contributed by atoms with Crippen molar-refractivity contribution in [3.05, 3.63) is 40.4 Å². The van der Waals surface area contributed by atoms with E-state index in [1.165, 1.54) is 16.0 Å². The third kappa shape index (κ3) is 2.64. The van der Waals surface area contributed by atoms with Gasteiger partial charge in [-0.15, -0.1) is 11.3 Å². The summed E-state index contributed by atoms with van der Waals surface area (Å²) in [4.78, 5) is 5.70. The monoisotopic (exact) mass is 250 g/mol. The first-order valence-corrected chi connectivity index (χ1v) is 6.78. The number of nitrogens with two attached hydrogens (primary N) is 1. The number of benzene rings is 1. The molecular weight excluding hydrogens is 236 g/mol. The largest absolute Gasteiger partial charge is 0.326 e. The molecule has 16 heavy (non-hydrogen) atoms. The lowest BCUT2D eigenvalue weighted by molar-refractivity contribution is 1.05. The van der Waals surface area contributed by atoms with Crippen molar-refractivity contribution in [1.82, 2.24) is 4.98 Å². The summed E-state index contributed by atoms with van der Waals surface area (Å²) in [7, 11) is 0. The molecule has 0 aliphatic heterocycles. The Bertz CT molecular complexity index is 492. The number of rotatable bonds is 3. The molecule has 0 spiro atoms. The molecule has 0 unspecified atom stereocenters. The molecule has 84 valence electrons. The van der Waals surface area contributed by atoms with Crippen LogP contribution < -0.4 is 5.73 Å². The van der Waals surface area contributed by atoms with E-state index in [9.17, 15) is 0 Å². The van der Waals surface area contributed by atoms with E-state index in [1.54, 1.807) is 23.1 Å². The first kappa shape index (κ1) is 11.6. The summed E-state index contributed by atoms with van der Waals surface area (Å²) in [5.41, 5.74) is 9.14. The quantitative estimate of drug-likeness (QED) is 0.907. The Morgan fingerprint density at radius 2 is 2.19 bits per heavy atom. The molecule has 4 heteroatoms. The summed E-state index contributed by atoms with van der Waals surface area (Å²) in [6.07, 6.45) is 0. The second-order valence-corrected chi connectivity index (χ2v) is 5.81. The Hall–Kier alpha value is -0.840. The maximum absolute atomic E-state index is 5.61.